The Morgan fingerprint density at radius 1 is 0.971 bits per heavy atom. The number of anilines is 1. The van der Waals surface area contributed by atoms with E-state index in [2.05, 4.69) is 10.4 Å². The second kappa shape index (κ2) is 10.4. The number of likely N-dealkylation sites (N-methyl/N-ethyl adjacent to an activating group) is 1. The van der Waals surface area contributed by atoms with Crippen LogP contribution >= 0.6 is 0 Å². The summed E-state index contributed by atoms with van der Waals surface area (Å²) in [4.78, 5) is 26.9. The highest BCUT2D eigenvalue weighted by Crippen LogP contribution is 2.23. The van der Waals surface area contributed by atoms with Crippen molar-refractivity contribution < 1.29 is 9.59 Å². The molecule has 0 bridgehead atoms. The minimum Gasteiger partial charge on any atom is -0.335 e. The van der Waals surface area contributed by atoms with Gasteiger partial charge in [-0.25, -0.2) is 4.68 Å². The lowest BCUT2D eigenvalue weighted by Crippen LogP contribution is -2.28. The predicted octanol–water partition coefficient (Wildman–Crippen LogP) is 5.36. The Hall–Kier alpha value is -4.45. The zero-order chi connectivity index (χ0) is 23.9. The van der Waals surface area contributed by atoms with Gasteiger partial charge >= 0.3 is 0 Å². The van der Waals surface area contributed by atoms with Crippen LogP contribution in [-0.4, -0.2) is 33.5 Å². The average Bonchev–Trinajstić information content (AvgIpc) is 3.37. The molecule has 0 spiro atoms. The Bertz CT molecular complexity index is 1300. The Labute approximate surface area is 199 Å². The van der Waals surface area contributed by atoms with Gasteiger partial charge in [0.25, 0.3) is 5.91 Å². The number of carbonyl (C=O) groups is 2. The first-order valence-electron chi connectivity index (χ1n) is 11.0. The molecule has 0 aliphatic carbocycles. The number of rotatable bonds is 7. The SMILES string of the molecule is CC(c1cccc(NC(=O)c2ccccc2)c1)N(C)C(=O)/C=C/c1cnn(-c2ccccc2)c1. The van der Waals surface area contributed by atoms with E-state index >= 15 is 0 Å². The van der Waals surface area contributed by atoms with Crippen LogP contribution in [0.1, 0.15) is 34.5 Å². The van der Waals surface area contributed by atoms with Gasteiger partial charge in [0, 0.05) is 36.1 Å². The van der Waals surface area contributed by atoms with Crippen LogP contribution in [0.3, 0.4) is 0 Å². The molecule has 1 heterocycles. The molecule has 4 rings (SSSR count). The Morgan fingerprint density at radius 2 is 1.68 bits per heavy atom. The van der Waals surface area contributed by atoms with Gasteiger partial charge in [-0.2, -0.15) is 5.10 Å². The number of nitrogens with zero attached hydrogens (tertiary/aromatic N) is 3. The van der Waals surface area contributed by atoms with Gasteiger partial charge in [-0.15, -0.1) is 0 Å². The highest BCUT2D eigenvalue weighted by atomic mass is 16.2. The van der Waals surface area contributed by atoms with Gasteiger partial charge in [-0.1, -0.05) is 48.5 Å². The molecular formula is C28H26N4O2. The van der Waals surface area contributed by atoms with Crippen molar-refractivity contribution >= 4 is 23.6 Å². The fourth-order valence-corrected chi connectivity index (χ4v) is 3.51. The van der Waals surface area contributed by atoms with Crippen LogP contribution in [0.4, 0.5) is 5.69 Å². The van der Waals surface area contributed by atoms with Crippen LogP contribution < -0.4 is 5.32 Å². The van der Waals surface area contributed by atoms with E-state index in [0.717, 1.165) is 16.8 Å². The lowest BCUT2D eigenvalue weighted by molar-refractivity contribution is -0.126. The van der Waals surface area contributed by atoms with E-state index in [1.807, 2.05) is 85.9 Å². The van der Waals surface area contributed by atoms with Crippen LogP contribution in [0, 0.1) is 0 Å². The Morgan fingerprint density at radius 3 is 2.41 bits per heavy atom. The summed E-state index contributed by atoms with van der Waals surface area (Å²) < 4.78 is 1.77. The summed E-state index contributed by atoms with van der Waals surface area (Å²) in [6, 6.07) is 26.2. The fourth-order valence-electron chi connectivity index (χ4n) is 3.51. The van der Waals surface area contributed by atoms with E-state index in [-0.39, 0.29) is 17.9 Å². The van der Waals surface area contributed by atoms with E-state index in [1.165, 1.54) is 0 Å². The molecule has 1 N–H and O–H groups in total. The van der Waals surface area contributed by atoms with Gasteiger partial charge in [0.2, 0.25) is 5.91 Å². The van der Waals surface area contributed by atoms with Gasteiger partial charge in [0.15, 0.2) is 0 Å². The van der Waals surface area contributed by atoms with E-state index in [4.69, 9.17) is 0 Å². The lowest BCUT2D eigenvalue weighted by Gasteiger charge is -2.24. The van der Waals surface area contributed by atoms with Gasteiger partial charge in [-0.3, -0.25) is 9.59 Å². The van der Waals surface area contributed by atoms with Crippen LogP contribution in [0.2, 0.25) is 0 Å². The van der Waals surface area contributed by atoms with Crippen LogP contribution in [0.25, 0.3) is 11.8 Å². The summed E-state index contributed by atoms with van der Waals surface area (Å²) in [5, 5.41) is 7.27. The van der Waals surface area contributed by atoms with Gasteiger partial charge in [0.05, 0.1) is 17.9 Å². The number of hydrogen-bond acceptors (Lipinski definition) is 3. The highest BCUT2D eigenvalue weighted by Gasteiger charge is 2.16. The maximum atomic E-state index is 12.8. The average molecular weight is 451 g/mol. The summed E-state index contributed by atoms with van der Waals surface area (Å²) >= 11 is 0. The molecule has 0 radical (unpaired) electrons. The molecule has 1 unspecified atom stereocenters. The highest BCUT2D eigenvalue weighted by molar-refractivity contribution is 6.04. The molecule has 0 fully saturated rings. The summed E-state index contributed by atoms with van der Waals surface area (Å²) in [5.41, 5.74) is 3.99. The van der Waals surface area contributed by atoms with Crippen molar-refractivity contribution in [2.45, 2.75) is 13.0 Å². The molecule has 6 heteroatoms. The molecule has 1 aromatic heterocycles. The topological polar surface area (TPSA) is 67.2 Å². The Kier molecular flexibility index (Phi) is 6.98. The molecular weight excluding hydrogens is 424 g/mol. The third-order valence-electron chi connectivity index (χ3n) is 5.63. The zero-order valence-corrected chi connectivity index (χ0v) is 19.1. The molecule has 0 aliphatic heterocycles. The summed E-state index contributed by atoms with van der Waals surface area (Å²) in [6.45, 7) is 1.96. The lowest BCUT2D eigenvalue weighted by atomic mass is 10.1. The Balaban J connectivity index is 1.40. The molecule has 34 heavy (non-hydrogen) atoms. The summed E-state index contributed by atoms with van der Waals surface area (Å²) in [5.74, 6) is -0.299. The first-order valence-corrected chi connectivity index (χ1v) is 11.0. The van der Waals surface area contributed by atoms with Crippen molar-refractivity contribution in [3.05, 3.63) is 120 Å². The first-order chi connectivity index (χ1) is 16.5. The number of aromatic nitrogens is 2. The molecule has 6 nitrogen and oxygen atoms in total. The smallest absolute Gasteiger partial charge is 0.255 e. The normalized spacial score (nSPS) is 11.8. The number of hydrogen-bond donors (Lipinski definition) is 1. The number of benzene rings is 3. The maximum absolute atomic E-state index is 12.8. The number of amides is 2. The molecule has 4 aromatic rings. The summed E-state index contributed by atoms with van der Waals surface area (Å²) in [7, 11) is 1.76. The predicted molar refractivity (Wildman–Crippen MR) is 135 cm³/mol. The van der Waals surface area contributed by atoms with Gasteiger partial charge in [-0.05, 0) is 55.0 Å². The minimum atomic E-state index is -0.183. The van der Waals surface area contributed by atoms with E-state index in [9.17, 15) is 9.59 Å². The van der Waals surface area contributed by atoms with Crippen molar-refractivity contribution in [1.82, 2.24) is 14.7 Å². The molecule has 170 valence electrons. The monoisotopic (exact) mass is 450 g/mol. The number of para-hydroxylation sites is 1. The molecule has 0 aliphatic rings. The summed E-state index contributed by atoms with van der Waals surface area (Å²) in [6.07, 6.45) is 6.90. The quantitative estimate of drug-likeness (QED) is 0.386. The van der Waals surface area contributed by atoms with Crippen molar-refractivity contribution in [1.29, 1.82) is 0 Å². The van der Waals surface area contributed by atoms with Crippen LogP contribution in [-0.2, 0) is 4.79 Å². The molecule has 0 saturated carbocycles. The fraction of sp³-hybridized carbons (Fsp3) is 0.107. The number of carbonyl (C=O) groups excluding carboxylic acids is 2. The third kappa shape index (κ3) is 5.48. The molecule has 0 saturated heterocycles. The standard InChI is InChI=1S/C28H26N4O2/c1-21(24-12-9-13-25(18-24)30-28(34)23-10-5-3-6-11-23)31(2)27(33)17-16-22-19-29-32(20-22)26-14-7-4-8-15-26/h3-21H,1-2H3,(H,30,34)/b17-16+. The first kappa shape index (κ1) is 22.7. The second-order valence-corrected chi connectivity index (χ2v) is 7.96. The van der Waals surface area contributed by atoms with E-state index in [0.29, 0.717) is 11.3 Å². The van der Waals surface area contributed by atoms with Crippen molar-refractivity contribution in [2.75, 3.05) is 12.4 Å². The van der Waals surface area contributed by atoms with E-state index in [1.54, 1.807) is 47.1 Å². The van der Waals surface area contributed by atoms with Gasteiger partial charge < -0.3 is 10.2 Å². The third-order valence-corrected chi connectivity index (χ3v) is 5.63. The van der Waals surface area contributed by atoms with Crippen molar-refractivity contribution in [3.8, 4) is 5.69 Å². The number of nitrogens with one attached hydrogen (secondary N) is 1. The molecule has 3 aromatic carbocycles. The molecule has 1 atom stereocenters. The van der Waals surface area contributed by atoms with Crippen LogP contribution in [0.15, 0.2) is 103 Å². The minimum absolute atomic E-state index is 0.126. The van der Waals surface area contributed by atoms with Crippen LogP contribution in [0.5, 0.6) is 0 Å². The van der Waals surface area contributed by atoms with E-state index < -0.39 is 0 Å². The van der Waals surface area contributed by atoms with Crippen molar-refractivity contribution in [3.63, 3.8) is 0 Å². The van der Waals surface area contributed by atoms with Gasteiger partial charge in [0.1, 0.15) is 0 Å². The maximum Gasteiger partial charge on any atom is 0.255 e. The second-order valence-electron chi connectivity index (χ2n) is 7.96. The zero-order valence-electron chi connectivity index (χ0n) is 19.1. The van der Waals surface area contributed by atoms with Crippen molar-refractivity contribution in [2.24, 2.45) is 0 Å². The molecule has 2 amide bonds. The largest absolute Gasteiger partial charge is 0.335 e.